The van der Waals surface area contributed by atoms with E-state index in [0.29, 0.717) is 0 Å². The largest absolute Gasteiger partial charge is 0.388 e. The summed E-state index contributed by atoms with van der Waals surface area (Å²) in [5.41, 5.74) is 0. The number of hydrogen-bond donors (Lipinski definition) is 4. The lowest BCUT2D eigenvalue weighted by atomic mass is 9.98. The normalized spacial score (nSPS) is 43.4. The van der Waals surface area contributed by atoms with Crippen molar-refractivity contribution in [2.24, 2.45) is 0 Å². The number of amides is 1. The molecule has 14 heavy (non-hydrogen) atoms. The predicted molar refractivity (Wildman–Crippen MR) is 46.2 cm³/mol. The van der Waals surface area contributed by atoms with Crippen LogP contribution in [0.15, 0.2) is 0 Å². The highest BCUT2D eigenvalue weighted by molar-refractivity contribution is 5.73. The van der Waals surface area contributed by atoms with E-state index in [1.807, 2.05) is 0 Å². The summed E-state index contributed by atoms with van der Waals surface area (Å²) in [7, 11) is 0. The minimum absolute atomic E-state index is 0.404. The Kier molecular flexibility index (Phi) is 3.43. The maximum absolute atomic E-state index is 10.7. The van der Waals surface area contributed by atoms with Gasteiger partial charge in [0.2, 0.25) is 5.91 Å². The van der Waals surface area contributed by atoms with E-state index in [-0.39, 0.29) is 0 Å². The molecule has 1 aliphatic heterocycles. The number of aliphatic hydroxyl groups is 3. The van der Waals surface area contributed by atoms with Gasteiger partial charge in [0.1, 0.15) is 18.2 Å². The molecule has 0 aromatic rings. The van der Waals surface area contributed by atoms with Gasteiger partial charge in [-0.2, -0.15) is 0 Å². The van der Waals surface area contributed by atoms with E-state index in [0.717, 1.165) is 0 Å². The average molecular weight is 205 g/mol. The molecule has 0 aromatic heterocycles. The number of carbonyl (C=O) groups is 1. The van der Waals surface area contributed by atoms with E-state index in [1.165, 1.54) is 13.8 Å². The Balaban J connectivity index is 2.68. The zero-order chi connectivity index (χ0) is 10.9. The van der Waals surface area contributed by atoms with Crippen LogP contribution in [0.4, 0.5) is 0 Å². The van der Waals surface area contributed by atoms with Crippen LogP contribution in [0.5, 0.6) is 0 Å². The summed E-state index contributed by atoms with van der Waals surface area (Å²) in [4.78, 5) is 10.7. The highest BCUT2D eigenvalue weighted by atomic mass is 16.6. The van der Waals surface area contributed by atoms with Crippen molar-refractivity contribution < 1.29 is 24.9 Å². The summed E-state index contributed by atoms with van der Waals surface area (Å²) in [6.45, 7) is 2.78. The summed E-state index contributed by atoms with van der Waals surface area (Å²) in [5.74, 6) is -0.404. The molecule has 0 saturated carbocycles. The van der Waals surface area contributed by atoms with Gasteiger partial charge in [0.05, 0.1) is 6.10 Å². The van der Waals surface area contributed by atoms with Gasteiger partial charge in [-0.05, 0) is 6.92 Å². The maximum Gasteiger partial charge on any atom is 0.217 e. The van der Waals surface area contributed by atoms with E-state index in [2.05, 4.69) is 5.32 Å². The number of carbonyl (C=O) groups excluding carboxylic acids is 1. The average Bonchev–Trinajstić information content (AvgIpc) is 2.09. The molecule has 1 saturated heterocycles. The van der Waals surface area contributed by atoms with Crippen LogP contribution in [0.2, 0.25) is 0 Å². The molecular formula is C8H15NO5. The Morgan fingerprint density at radius 2 is 1.86 bits per heavy atom. The lowest BCUT2D eigenvalue weighted by Crippen LogP contribution is -2.62. The quantitative estimate of drug-likeness (QED) is 0.395. The van der Waals surface area contributed by atoms with Gasteiger partial charge in [-0.15, -0.1) is 0 Å². The fourth-order valence-corrected chi connectivity index (χ4v) is 1.44. The second kappa shape index (κ2) is 4.22. The van der Waals surface area contributed by atoms with Gasteiger partial charge in [-0.1, -0.05) is 0 Å². The fraction of sp³-hybridized carbons (Fsp3) is 0.875. The van der Waals surface area contributed by atoms with Gasteiger partial charge in [-0.25, -0.2) is 0 Å². The van der Waals surface area contributed by atoms with Crippen molar-refractivity contribution in [3.8, 4) is 0 Å². The number of aliphatic hydroxyl groups excluding tert-OH is 3. The van der Waals surface area contributed by atoms with E-state index in [9.17, 15) is 20.1 Å². The lowest BCUT2D eigenvalue weighted by Gasteiger charge is -2.39. The van der Waals surface area contributed by atoms with Gasteiger partial charge in [0, 0.05) is 6.92 Å². The first-order chi connectivity index (χ1) is 6.43. The molecule has 0 radical (unpaired) electrons. The summed E-state index contributed by atoms with van der Waals surface area (Å²) in [5, 5.41) is 30.6. The van der Waals surface area contributed by atoms with Crippen LogP contribution in [0.25, 0.3) is 0 Å². The molecule has 1 aliphatic rings. The van der Waals surface area contributed by atoms with Crippen molar-refractivity contribution in [1.82, 2.24) is 5.32 Å². The van der Waals surface area contributed by atoms with Gasteiger partial charge in [0.25, 0.3) is 0 Å². The Morgan fingerprint density at radius 1 is 1.29 bits per heavy atom. The Hall–Kier alpha value is -0.690. The Labute approximate surface area is 81.5 Å². The highest BCUT2D eigenvalue weighted by Gasteiger charge is 2.42. The molecular weight excluding hydrogens is 190 g/mol. The molecule has 82 valence electrons. The molecule has 1 rings (SSSR count). The summed E-state index contributed by atoms with van der Waals surface area (Å²) >= 11 is 0. The third-order valence-electron chi connectivity index (χ3n) is 2.23. The summed E-state index contributed by atoms with van der Waals surface area (Å²) < 4.78 is 4.91. The monoisotopic (exact) mass is 205 g/mol. The second-order valence-electron chi connectivity index (χ2n) is 3.44. The van der Waals surface area contributed by atoms with E-state index >= 15 is 0 Å². The molecule has 1 amide bonds. The van der Waals surface area contributed by atoms with Crippen LogP contribution in [0.3, 0.4) is 0 Å². The molecule has 4 N–H and O–H groups in total. The van der Waals surface area contributed by atoms with E-state index in [4.69, 9.17) is 4.74 Å². The van der Waals surface area contributed by atoms with Crippen LogP contribution in [-0.2, 0) is 9.53 Å². The molecule has 0 spiro atoms. The Bertz CT molecular complexity index is 222. The lowest BCUT2D eigenvalue weighted by molar-refractivity contribution is -0.242. The molecule has 6 heteroatoms. The van der Waals surface area contributed by atoms with Crippen LogP contribution < -0.4 is 5.32 Å². The van der Waals surface area contributed by atoms with Crippen LogP contribution in [0, 0.1) is 0 Å². The van der Waals surface area contributed by atoms with Gasteiger partial charge >= 0.3 is 0 Å². The molecule has 5 atom stereocenters. The number of nitrogens with one attached hydrogen (secondary N) is 1. The van der Waals surface area contributed by atoms with Crippen molar-refractivity contribution in [1.29, 1.82) is 0 Å². The third kappa shape index (κ3) is 2.21. The minimum Gasteiger partial charge on any atom is -0.388 e. The van der Waals surface area contributed by atoms with Gasteiger partial charge in [-0.3, -0.25) is 4.79 Å². The molecule has 0 aromatic carbocycles. The van der Waals surface area contributed by atoms with Crippen LogP contribution >= 0.6 is 0 Å². The zero-order valence-electron chi connectivity index (χ0n) is 8.04. The fourth-order valence-electron chi connectivity index (χ4n) is 1.44. The first-order valence-electron chi connectivity index (χ1n) is 4.40. The highest BCUT2D eigenvalue weighted by Crippen LogP contribution is 2.19. The van der Waals surface area contributed by atoms with Crippen LogP contribution in [-0.4, -0.2) is 51.9 Å². The van der Waals surface area contributed by atoms with Gasteiger partial charge < -0.3 is 25.4 Å². The molecule has 0 aliphatic carbocycles. The standard InChI is InChI=1S/C8H15NO5/c1-3-6(11)7(12)5(8(13)14-3)9-4(2)10/h3,5-8,11-13H,1-2H3,(H,9,10)/t3-,5-,6+,7-,8?/m1/s1. The van der Waals surface area contributed by atoms with Crippen molar-refractivity contribution in [2.75, 3.05) is 0 Å². The first-order valence-corrected chi connectivity index (χ1v) is 4.40. The van der Waals surface area contributed by atoms with Crippen molar-refractivity contribution in [2.45, 2.75) is 44.5 Å². The molecule has 1 fully saturated rings. The van der Waals surface area contributed by atoms with Crippen LogP contribution in [0.1, 0.15) is 13.8 Å². The second-order valence-corrected chi connectivity index (χ2v) is 3.44. The SMILES string of the molecule is CC(=O)N[C@H]1C(O)O[C@H](C)[C@H](O)[C@@H]1O. The number of ether oxygens (including phenoxy) is 1. The predicted octanol–water partition coefficient (Wildman–Crippen LogP) is -2.05. The maximum atomic E-state index is 10.7. The number of hydrogen-bond acceptors (Lipinski definition) is 5. The van der Waals surface area contributed by atoms with Crippen molar-refractivity contribution in [3.63, 3.8) is 0 Å². The molecule has 1 unspecified atom stereocenters. The summed E-state index contributed by atoms with van der Waals surface area (Å²) in [6, 6.07) is -0.987. The molecule has 1 heterocycles. The smallest absolute Gasteiger partial charge is 0.217 e. The molecule has 0 bridgehead atoms. The summed E-state index contributed by atoms with van der Waals surface area (Å²) in [6.07, 6.45) is -4.30. The topological polar surface area (TPSA) is 99.0 Å². The Morgan fingerprint density at radius 3 is 2.36 bits per heavy atom. The zero-order valence-corrected chi connectivity index (χ0v) is 8.04. The molecule has 6 nitrogen and oxygen atoms in total. The van der Waals surface area contributed by atoms with Gasteiger partial charge in [0.15, 0.2) is 6.29 Å². The third-order valence-corrected chi connectivity index (χ3v) is 2.23. The van der Waals surface area contributed by atoms with E-state index < -0.39 is 36.6 Å². The van der Waals surface area contributed by atoms with E-state index in [1.54, 1.807) is 0 Å². The minimum atomic E-state index is -1.30. The first kappa shape index (κ1) is 11.4. The van der Waals surface area contributed by atoms with Crippen molar-refractivity contribution >= 4 is 5.91 Å². The van der Waals surface area contributed by atoms with Crippen molar-refractivity contribution in [3.05, 3.63) is 0 Å². The number of rotatable bonds is 1.